The number of rotatable bonds is 9. The van der Waals surface area contributed by atoms with Gasteiger partial charge in [0.15, 0.2) is 0 Å². The summed E-state index contributed by atoms with van der Waals surface area (Å²) in [6, 6.07) is 11.9. The first-order valence-electron chi connectivity index (χ1n) is 8.23. The number of amides is 1. The van der Waals surface area contributed by atoms with E-state index >= 15 is 0 Å². The molecule has 2 rings (SSSR count). The summed E-state index contributed by atoms with van der Waals surface area (Å²) in [6.07, 6.45) is 8.67. The van der Waals surface area contributed by atoms with Crippen LogP contribution in [-0.2, 0) is 10.5 Å². The van der Waals surface area contributed by atoms with E-state index < -0.39 is 0 Å². The monoisotopic (exact) mass is 353 g/mol. The van der Waals surface area contributed by atoms with Crippen LogP contribution in [0.25, 0.3) is 0 Å². The number of nitrogens with one attached hydrogen (secondary N) is 1. The highest BCUT2D eigenvalue weighted by Gasteiger charge is 2.25. The van der Waals surface area contributed by atoms with Crippen LogP contribution in [-0.4, -0.2) is 35.7 Å². The van der Waals surface area contributed by atoms with Gasteiger partial charge in [0, 0.05) is 24.3 Å². The van der Waals surface area contributed by atoms with Crippen molar-refractivity contribution >= 4 is 17.7 Å². The zero-order chi connectivity index (χ0) is 17.9. The van der Waals surface area contributed by atoms with Crippen molar-refractivity contribution in [3.05, 3.63) is 72.5 Å². The largest absolute Gasteiger partial charge is 0.361 e. The molecule has 1 aliphatic heterocycles. The number of thioether (sulfide) groups is 1. The van der Waals surface area contributed by atoms with E-state index in [1.165, 1.54) is 11.1 Å². The number of benzene rings is 1. The molecule has 1 amide bonds. The maximum Gasteiger partial charge on any atom is 0.244 e. The van der Waals surface area contributed by atoms with Crippen molar-refractivity contribution in [2.24, 2.45) is 0 Å². The summed E-state index contributed by atoms with van der Waals surface area (Å²) in [7, 11) is 0. The van der Waals surface area contributed by atoms with Gasteiger partial charge in [-0.05, 0) is 23.6 Å². The van der Waals surface area contributed by atoms with Crippen molar-refractivity contribution in [3.8, 4) is 6.07 Å². The molecule has 0 aliphatic carbocycles. The molecule has 25 heavy (non-hydrogen) atoms. The maximum atomic E-state index is 12.5. The molecule has 0 saturated carbocycles. The van der Waals surface area contributed by atoms with E-state index in [2.05, 4.69) is 30.1 Å². The summed E-state index contributed by atoms with van der Waals surface area (Å²) in [5, 5.41) is 11.4. The Kier molecular flexibility index (Phi) is 7.87. The summed E-state index contributed by atoms with van der Waals surface area (Å²) in [5.41, 5.74) is 2.47. The van der Waals surface area contributed by atoms with Gasteiger partial charge in [-0.3, -0.25) is 4.79 Å². The predicted molar refractivity (Wildman–Crippen MR) is 104 cm³/mol. The first kappa shape index (κ1) is 18.9. The lowest BCUT2D eigenvalue weighted by Crippen LogP contribution is -2.47. The maximum absolute atomic E-state index is 12.5. The van der Waals surface area contributed by atoms with Gasteiger partial charge in [-0.2, -0.15) is 17.0 Å². The third-order valence-corrected chi connectivity index (χ3v) is 4.92. The molecule has 1 aromatic carbocycles. The van der Waals surface area contributed by atoms with Crippen LogP contribution in [0.3, 0.4) is 0 Å². The molecule has 1 heterocycles. The van der Waals surface area contributed by atoms with Gasteiger partial charge in [0.2, 0.25) is 5.91 Å². The van der Waals surface area contributed by atoms with Crippen LogP contribution in [0.4, 0.5) is 0 Å². The zero-order valence-corrected chi connectivity index (χ0v) is 15.0. The van der Waals surface area contributed by atoms with Crippen LogP contribution in [0.1, 0.15) is 12.0 Å². The Morgan fingerprint density at radius 2 is 2.24 bits per heavy atom. The molecule has 4 nitrogen and oxygen atoms in total. The Bertz CT molecular complexity index is 676. The smallest absolute Gasteiger partial charge is 0.244 e. The Morgan fingerprint density at radius 3 is 2.96 bits per heavy atom. The fourth-order valence-corrected chi connectivity index (χ4v) is 3.70. The predicted octanol–water partition coefficient (Wildman–Crippen LogP) is 3.26. The first-order chi connectivity index (χ1) is 12.2. The number of hydrogen-bond donors (Lipinski definition) is 1. The van der Waals surface area contributed by atoms with E-state index in [1.54, 1.807) is 11.8 Å². The van der Waals surface area contributed by atoms with Gasteiger partial charge in [-0.25, -0.2) is 0 Å². The molecular formula is C20H23N3OS. The average molecular weight is 353 g/mol. The van der Waals surface area contributed by atoms with Crippen LogP contribution < -0.4 is 5.32 Å². The minimum atomic E-state index is -0.299. The summed E-state index contributed by atoms with van der Waals surface area (Å²) in [5.74, 6) is 1.42. The minimum Gasteiger partial charge on any atom is -0.361 e. The highest BCUT2D eigenvalue weighted by atomic mass is 32.2. The number of carbonyl (C=O) groups is 1. The Hall–Kier alpha value is -2.45. The molecule has 5 heteroatoms. The first-order valence-corrected chi connectivity index (χ1v) is 9.39. The normalized spacial score (nSPS) is 14.4. The number of nitrogens with zero attached hydrogens (tertiary/aromatic N) is 2. The molecular weight excluding hydrogens is 330 g/mol. The van der Waals surface area contributed by atoms with Gasteiger partial charge in [0.05, 0.1) is 6.07 Å². The van der Waals surface area contributed by atoms with Crippen molar-refractivity contribution in [2.45, 2.75) is 18.2 Å². The molecule has 130 valence electrons. The van der Waals surface area contributed by atoms with Crippen molar-refractivity contribution in [2.75, 3.05) is 18.8 Å². The molecule has 0 aromatic heterocycles. The van der Waals surface area contributed by atoms with Gasteiger partial charge in [-0.15, -0.1) is 6.58 Å². The summed E-state index contributed by atoms with van der Waals surface area (Å²) < 4.78 is 0. The average Bonchev–Trinajstić information content (AvgIpc) is 2.64. The lowest BCUT2D eigenvalue weighted by molar-refractivity contribution is -0.124. The standard InChI is InChI=1S/C20H23N3OS/c1-2-7-17-10-6-13-23(14-17)19(20(24)22-12-11-21)16-25-15-18-8-4-3-5-9-18/h2-6,8-10,13,19H,1,7,12,14-16H2,(H,22,24)/t19-/m0/s1. The topological polar surface area (TPSA) is 56.1 Å². The lowest BCUT2D eigenvalue weighted by Gasteiger charge is -2.32. The SMILES string of the molecule is C=CCC1=CC=CN([C@@H](CSCc2ccccc2)C(=O)NCC#N)C1. The van der Waals surface area contributed by atoms with Gasteiger partial charge in [0.1, 0.15) is 12.6 Å². The van der Waals surface area contributed by atoms with Gasteiger partial charge in [0.25, 0.3) is 0 Å². The molecule has 0 fully saturated rings. The molecule has 1 N–H and O–H groups in total. The quantitative estimate of drug-likeness (QED) is 0.547. The van der Waals surface area contributed by atoms with Crippen LogP contribution in [0, 0.1) is 11.3 Å². The van der Waals surface area contributed by atoms with Crippen LogP contribution >= 0.6 is 11.8 Å². The number of hydrogen-bond acceptors (Lipinski definition) is 4. The van der Waals surface area contributed by atoms with E-state index in [0.29, 0.717) is 12.3 Å². The van der Waals surface area contributed by atoms with Crippen molar-refractivity contribution in [1.29, 1.82) is 5.26 Å². The molecule has 0 radical (unpaired) electrons. The third-order valence-electron chi connectivity index (χ3n) is 3.83. The fourth-order valence-electron chi connectivity index (χ4n) is 2.59. The molecule has 0 spiro atoms. The van der Waals surface area contributed by atoms with E-state index in [4.69, 9.17) is 5.26 Å². The van der Waals surface area contributed by atoms with Gasteiger partial charge >= 0.3 is 0 Å². The van der Waals surface area contributed by atoms with Gasteiger partial charge < -0.3 is 10.2 Å². The van der Waals surface area contributed by atoms with E-state index in [-0.39, 0.29) is 18.5 Å². The molecule has 0 saturated heterocycles. The lowest BCUT2D eigenvalue weighted by atomic mass is 10.1. The van der Waals surface area contributed by atoms with Crippen LogP contribution in [0.5, 0.6) is 0 Å². The molecule has 1 aromatic rings. The fraction of sp³-hybridized carbons (Fsp3) is 0.300. The van der Waals surface area contributed by atoms with Crippen molar-refractivity contribution in [3.63, 3.8) is 0 Å². The van der Waals surface area contributed by atoms with Crippen LogP contribution in [0.2, 0.25) is 0 Å². The molecule has 1 atom stereocenters. The Morgan fingerprint density at radius 1 is 1.44 bits per heavy atom. The molecule has 0 bridgehead atoms. The summed E-state index contributed by atoms with van der Waals surface area (Å²) >= 11 is 1.73. The van der Waals surface area contributed by atoms with E-state index in [9.17, 15) is 4.79 Å². The van der Waals surface area contributed by atoms with Crippen molar-refractivity contribution < 1.29 is 4.79 Å². The Balaban J connectivity index is 1.99. The second-order valence-electron chi connectivity index (χ2n) is 5.72. The highest BCUT2D eigenvalue weighted by Crippen LogP contribution is 2.19. The highest BCUT2D eigenvalue weighted by molar-refractivity contribution is 7.98. The summed E-state index contributed by atoms with van der Waals surface area (Å²) in [6.45, 7) is 4.52. The molecule has 1 aliphatic rings. The van der Waals surface area contributed by atoms with Crippen LogP contribution in [0.15, 0.2) is 66.9 Å². The third kappa shape index (κ3) is 6.17. The Labute approximate surface area is 153 Å². The minimum absolute atomic E-state index is 0.0333. The molecule has 0 unspecified atom stereocenters. The second-order valence-corrected chi connectivity index (χ2v) is 6.75. The van der Waals surface area contributed by atoms with Crippen molar-refractivity contribution in [1.82, 2.24) is 10.2 Å². The number of allylic oxidation sites excluding steroid dienone is 3. The van der Waals surface area contributed by atoms with E-state index in [1.807, 2.05) is 47.5 Å². The zero-order valence-electron chi connectivity index (χ0n) is 14.2. The number of nitriles is 1. The summed E-state index contributed by atoms with van der Waals surface area (Å²) in [4.78, 5) is 14.6. The van der Waals surface area contributed by atoms with Gasteiger partial charge in [-0.1, -0.05) is 42.5 Å². The number of carbonyl (C=O) groups excluding carboxylic acids is 1. The second kappa shape index (κ2) is 10.4. The van der Waals surface area contributed by atoms with E-state index in [0.717, 1.165) is 12.2 Å².